The maximum atomic E-state index is 11.6. The second kappa shape index (κ2) is 6.18. The summed E-state index contributed by atoms with van der Waals surface area (Å²) in [6.07, 6.45) is 3.00. The van der Waals surface area contributed by atoms with Gasteiger partial charge in [0.1, 0.15) is 0 Å². The lowest BCUT2D eigenvalue weighted by Gasteiger charge is -2.42. The van der Waals surface area contributed by atoms with Crippen LogP contribution in [-0.4, -0.2) is 49.5 Å². The van der Waals surface area contributed by atoms with Gasteiger partial charge in [0, 0.05) is 19.2 Å². The van der Waals surface area contributed by atoms with E-state index in [4.69, 9.17) is 4.74 Å². The molecular formula is C11H22N2O3. The van der Waals surface area contributed by atoms with Crippen molar-refractivity contribution in [3.63, 3.8) is 0 Å². The number of hydrogen-bond acceptors (Lipinski definition) is 4. The van der Waals surface area contributed by atoms with Crippen molar-refractivity contribution in [3.8, 4) is 0 Å². The second-order valence-corrected chi connectivity index (χ2v) is 4.44. The van der Waals surface area contributed by atoms with Crippen LogP contribution in [-0.2, 0) is 9.53 Å². The van der Waals surface area contributed by atoms with E-state index in [-0.39, 0.29) is 24.1 Å². The Bertz CT molecular complexity index is 224. The molecule has 94 valence electrons. The quantitative estimate of drug-likeness (QED) is 0.522. The molecule has 0 heterocycles. The lowest BCUT2D eigenvalue weighted by molar-refractivity contribution is -0.124. The van der Waals surface area contributed by atoms with E-state index in [1.165, 1.54) is 0 Å². The third kappa shape index (κ3) is 3.43. The highest BCUT2D eigenvalue weighted by Crippen LogP contribution is 2.31. The van der Waals surface area contributed by atoms with Gasteiger partial charge in [-0.25, -0.2) is 0 Å². The molecule has 0 radical (unpaired) electrons. The van der Waals surface area contributed by atoms with Gasteiger partial charge in [-0.05, 0) is 26.2 Å². The standard InChI is InChI=1S/C11H22N2O3/c1-9(10(15)12-6-7-16-2)13-11(8-14)4-3-5-11/h9,13-14H,3-8H2,1-2H3,(H,12,15). The molecule has 0 aromatic carbocycles. The van der Waals surface area contributed by atoms with Crippen molar-refractivity contribution in [3.05, 3.63) is 0 Å². The van der Waals surface area contributed by atoms with Crippen LogP contribution in [0.2, 0.25) is 0 Å². The maximum Gasteiger partial charge on any atom is 0.236 e. The van der Waals surface area contributed by atoms with Crippen LogP contribution >= 0.6 is 0 Å². The zero-order chi connectivity index (χ0) is 12.0. The summed E-state index contributed by atoms with van der Waals surface area (Å²) >= 11 is 0. The van der Waals surface area contributed by atoms with E-state index in [1.807, 2.05) is 6.92 Å². The van der Waals surface area contributed by atoms with E-state index in [0.717, 1.165) is 19.3 Å². The molecule has 1 amide bonds. The van der Waals surface area contributed by atoms with Gasteiger partial charge in [0.25, 0.3) is 0 Å². The number of rotatable bonds is 7. The molecule has 5 heteroatoms. The smallest absolute Gasteiger partial charge is 0.236 e. The zero-order valence-corrected chi connectivity index (χ0v) is 10.1. The summed E-state index contributed by atoms with van der Waals surface area (Å²) < 4.78 is 4.85. The third-order valence-electron chi connectivity index (χ3n) is 3.13. The Hall–Kier alpha value is -0.650. The van der Waals surface area contributed by atoms with Gasteiger partial charge < -0.3 is 15.2 Å². The minimum absolute atomic E-state index is 0.0447. The molecule has 16 heavy (non-hydrogen) atoms. The van der Waals surface area contributed by atoms with Crippen LogP contribution < -0.4 is 10.6 Å². The summed E-state index contributed by atoms with van der Waals surface area (Å²) in [6, 6.07) is -0.274. The molecule has 0 aromatic heterocycles. The van der Waals surface area contributed by atoms with Crippen LogP contribution in [0.15, 0.2) is 0 Å². The minimum atomic E-state index is -0.274. The Morgan fingerprint density at radius 1 is 1.56 bits per heavy atom. The van der Waals surface area contributed by atoms with Gasteiger partial charge in [-0.15, -0.1) is 0 Å². The molecule has 0 bridgehead atoms. The summed E-state index contributed by atoms with van der Waals surface area (Å²) in [7, 11) is 1.60. The Morgan fingerprint density at radius 2 is 2.25 bits per heavy atom. The fraction of sp³-hybridized carbons (Fsp3) is 0.909. The van der Waals surface area contributed by atoms with Crippen molar-refractivity contribution in [2.24, 2.45) is 0 Å². The fourth-order valence-corrected chi connectivity index (χ4v) is 1.91. The first-order chi connectivity index (χ1) is 7.63. The van der Waals surface area contributed by atoms with Crippen molar-refractivity contribution >= 4 is 5.91 Å². The molecule has 0 spiro atoms. The maximum absolute atomic E-state index is 11.6. The summed E-state index contributed by atoms with van der Waals surface area (Å²) in [4.78, 5) is 11.6. The molecule has 1 atom stereocenters. The van der Waals surface area contributed by atoms with E-state index >= 15 is 0 Å². The number of hydrogen-bond donors (Lipinski definition) is 3. The van der Waals surface area contributed by atoms with Gasteiger partial charge in [0.2, 0.25) is 5.91 Å². The van der Waals surface area contributed by atoms with Gasteiger partial charge in [-0.2, -0.15) is 0 Å². The number of aliphatic hydroxyl groups excluding tert-OH is 1. The zero-order valence-electron chi connectivity index (χ0n) is 10.1. The first kappa shape index (κ1) is 13.4. The van der Waals surface area contributed by atoms with Gasteiger partial charge in [0.15, 0.2) is 0 Å². The lowest BCUT2D eigenvalue weighted by atomic mass is 9.77. The number of methoxy groups -OCH3 is 1. The predicted octanol–water partition coefficient (Wildman–Crippen LogP) is -0.358. The van der Waals surface area contributed by atoms with E-state index in [1.54, 1.807) is 7.11 Å². The van der Waals surface area contributed by atoms with Gasteiger partial charge in [0.05, 0.1) is 19.3 Å². The van der Waals surface area contributed by atoms with E-state index in [9.17, 15) is 9.90 Å². The normalized spacial score (nSPS) is 19.9. The molecule has 5 nitrogen and oxygen atoms in total. The summed E-state index contributed by atoms with van der Waals surface area (Å²) in [5.41, 5.74) is -0.224. The Morgan fingerprint density at radius 3 is 2.69 bits per heavy atom. The number of amides is 1. The van der Waals surface area contributed by atoms with Gasteiger partial charge in [-0.3, -0.25) is 10.1 Å². The number of nitrogens with one attached hydrogen (secondary N) is 2. The minimum Gasteiger partial charge on any atom is -0.394 e. The highest BCUT2D eigenvalue weighted by Gasteiger charge is 2.38. The molecule has 3 N–H and O–H groups in total. The molecule has 1 saturated carbocycles. The predicted molar refractivity (Wildman–Crippen MR) is 61.2 cm³/mol. The molecule has 1 fully saturated rings. The van der Waals surface area contributed by atoms with Crippen LogP contribution in [0.25, 0.3) is 0 Å². The van der Waals surface area contributed by atoms with Crippen molar-refractivity contribution < 1.29 is 14.6 Å². The topological polar surface area (TPSA) is 70.6 Å². The lowest BCUT2D eigenvalue weighted by Crippen LogP contribution is -2.60. The summed E-state index contributed by atoms with van der Waals surface area (Å²) in [6.45, 7) is 2.96. The molecule has 0 aromatic rings. The largest absolute Gasteiger partial charge is 0.394 e. The number of carbonyl (C=O) groups excluding carboxylic acids is 1. The van der Waals surface area contributed by atoms with E-state index in [2.05, 4.69) is 10.6 Å². The first-order valence-corrected chi connectivity index (χ1v) is 5.79. The molecule has 0 saturated heterocycles. The summed E-state index contributed by atoms with van der Waals surface area (Å²) in [5, 5.41) is 15.2. The number of aliphatic hydroxyl groups is 1. The molecule has 0 aliphatic heterocycles. The van der Waals surface area contributed by atoms with Crippen LogP contribution in [0, 0.1) is 0 Å². The van der Waals surface area contributed by atoms with Crippen LogP contribution in [0.5, 0.6) is 0 Å². The molecule has 1 rings (SSSR count). The second-order valence-electron chi connectivity index (χ2n) is 4.44. The highest BCUT2D eigenvalue weighted by atomic mass is 16.5. The Labute approximate surface area is 96.6 Å². The third-order valence-corrected chi connectivity index (χ3v) is 3.13. The van der Waals surface area contributed by atoms with E-state index < -0.39 is 0 Å². The average molecular weight is 230 g/mol. The summed E-state index contributed by atoms with van der Waals surface area (Å²) in [5.74, 6) is -0.0447. The number of carbonyl (C=O) groups is 1. The van der Waals surface area contributed by atoms with Gasteiger partial charge in [-0.1, -0.05) is 0 Å². The Kier molecular flexibility index (Phi) is 5.18. The molecule has 1 aliphatic rings. The van der Waals surface area contributed by atoms with Crippen molar-refractivity contribution in [2.45, 2.75) is 37.8 Å². The molecule has 1 aliphatic carbocycles. The van der Waals surface area contributed by atoms with Crippen molar-refractivity contribution in [1.29, 1.82) is 0 Å². The average Bonchev–Trinajstić information content (AvgIpc) is 2.23. The fourth-order valence-electron chi connectivity index (χ4n) is 1.91. The number of ether oxygens (including phenoxy) is 1. The van der Waals surface area contributed by atoms with Crippen LogP contribution in [0.1, 0.15) is 26.2 Å². The molecule has 1 unspecified atom stereocenters. The monoisotopic (exact) mass is 230 g/mol. The van der Waals surface area contributed by atoms with E-state index in [0.29, 0.717) is 13.2 Å². The SMILES string of the molecule is COCCNC(=O)C(C)NC1(CO)CCC1. The van der Waals surface area contributed by atoms with Crippen molar-refractivity contribution in [1.82, 2.24) is 10.6 Å². The van der Waals surface area contributed by atoms with Crippen LogP contribution in [0.4, 0.5) is 0 Å². The molecular weight excluding hydrogens is 208 g/mol. The van der Waals surface area contributed by atoms with Crippen LogP contribution in [0.3, 0.4) is 0 Å². The highest BCUT2D eigenvalue weighted by molar-refractivity contribution is 5.81. The first-order valence-electron chi connectivity index (χ1n) is 5.79. The van der Waals surface area contributed by atoms with Gasteiger partial charge >= 0.3 is 0 Å². The Balaban J connectivity index is 2.27. The van der Waals surface area contributed by atoms with Crippen molar-refractivity contribution in [2.75, 3.05) is 26.9 Å².